The second kappa shape index (κ2) is 6.91. The van der Waals surface area contributed by atoms with Crippen molar-refractivity contribution in [2.24, 2.45) is 0 Å². The first-order valence-corrected chi connectivity index (χ1v) is 7.46. The molecule has 0 radical (unpaired) electrons. The molecule has 0 aliphatic carbocycles. The van der Waals surface area contributed by atoms with E-state index >= 15 is 0 Å². The number of rotatable bonds is 6. The quantitative estimate of drug-likeness (QED) is 0.836. The summed E-state index contributed by atoms with van der Waals surface area (Å²) in [6, 6.07) is 8.03. The van der Waals surface area contributed by atoms with Gasteiger partial charge in [-0.15, -0.1) is 0 Å². The number of likely N-dealkylation sites (N-methyl/N-ethyl adjacent to an activating group) is 1. The number of carboxylic acid groups (broad SMARTS) is 1. The van der Waals surface area contributed by atoms with Crippen LogP contribution in [0.1, 0.15) is 25.8 Å². The third kappa shape index (κ3) is 3.95. The maximum atomic E-state index is 11.4. The van der Waals surface area contributed by atoms with Gasteiger partial charge in [-0.05, 0) is 26.0 Å². The SMILES string of the molecule is CCNC(C)(CCN1CCOc2ccccc2C1)C(=O)O. The van der Waals surface area contributed by atoms with Crippen molar-refractivity contribution in [3.8, 4) is 5.75 Å². The van der Waals surface area contributed by atoms with Gasteiger partial charge in [-0.1, -0.05) is 25.1 Å². The Morgan fingerprint density at radius 3 is 2.95 bits per heavy atom. The van der Waals surface area contributed by atoms with E-state index in [1.165, 1.54) is 0 Å². The van der Waals surface area contributed by atoms with E-state index in [9.17, 15) is 9.90 Å². The highest BCUT2D eigenvalue weighted by Gasteiger charge is 2.32. The zero-order valence-electron chi connectivity index (χ0n) is 12.8. The van der Waals surface area contributed by atoms with Crippen molar-refractivity contribution in [3.05, 3.63) is 29.8 Å². The van der Waals surface area contributed by atoms with Gasteiger partial charge >= 0.3 is 5.97 Å². The van der Waals surface area contributed by atoms with Crippen LogP contribution >= 0.6 is 0 Å². The lowest BCUT2D eigenvalue weighted by Gasteiger charge is -2.29. The molecule has 1 aliphatic rings. The largest absolute Gasteiger partial charge is 0.492 e. The van der Waals surface area contributed by atoms with Crippen molar-refractivity contribution in [1.29, 1.82) is 0 Å². The second-order valence-electron chi connectivity index (χ2n) is 5.65. The molecule has 1 unspecified atom stereocenters. The summed E-state index contributed by atoms with van der Waals surface area (Å²) in [5.74, 6) is 0.142. The van der Waals surface area contributed by atoms with E-state index in [4.69, 9.17) is 4.74 Å². The van der Waals surface area contributed by atoms with E-state index < -0.39 is 11.5 Å². The molecule has 1 aromatic carbocycles. The molecule has 0 bridgehead atoms. The summed E-state index contributed by atoms with van der Waals surface area (Å²) >= 11 is 0. The van der Waals surface area contributed by atoms with Crippen LogP contribution < -0.4 is 10.1 Å². The van der Waals surface area contributed by atoms with Crippen LogP contribution in [0, 0.1) is 0 Å². The lowest BCUT2D eigenvalue weighted by Crippen LogP contribution is -2.51. The number of hydrogen-bond donors (Lipinski definition) is 2. The van der Waals surface area contributed by atoms with Gasteiger partial charge in [0.2, 0.25) is 0 Å². The predicted molar refractivity (Wildman–Crippen MR) is 81.5 cm³/mol. The van der Waals surface area contributed by atoms with E-state index in [0.29, 0.717) is 19.6 Å². The summed E-state index contributed by atoms with van der Waals surface area (Å²) in [4.78, 5) is 13.7. The molecule has 5 heteroatoms. The number of para-hydroxylation sites is 1. The maximum absolute atomic E-state index is 11.4. The van der Waals surface area contributed by atoms with Gasteiger partial charge in [0, 0.05) is 25.2 Å². The number of hydrogen-bond acceptors (Lipinski definition) is 4. The van der Waals surface area contributed by atoms with Crippen molar-refractivity contribution < 1.29 is 14.6 Å². The van der Waals surface area contributed by atoms with E-state index in [1.807, 2.05) is 25.1 Å². The van der Waals surface area contributed by atoms with Gasteiger partial charge in [-0.3, -0.25) is 9.69 Å². The van der Waals surface area contributed by atoms with Crippen LogP contribution in [0.5, 0.6) is 5.75 Å². The fraction of sp³-hybridized carbons (Fsp3) is 0.562. The number of nitrogens with zero attached hydrogens (tertiary/aromatic N) is 1. The van der Waals surface area contributed by atoms with Gasteiger partial charge in [0.1, 0.15) is 17.9 Å². The molecule has 0 aromatic heterocycles. The van der Waals surface area contributed by atoms with Crippen LogP contribution in [0.4, 0.5) is 0 Å². The molecular weight excluding hydrogens is 268 g/mol. The molecule has 2 N–H and O–H groups in total. The molecule has 0 saturated heterocycles. The molecule has 21 heavy (non-hydrogen) atoms. The first-order valence-electron chi connectivity index (χ1n) is 7.46. The molecule has 0 fully saturated rings. The first-order chi connectivity index (χ1) is 10.0. The summed E-state index contributed by atoms with van der Waals surface area (Å²) < 4.78 is 5.73. The molecule has 0 saturated carbocycles. The monoisotopic (exact) mass is 292 g/mol. The number of carboxylic acids is 1. The summed E-state index contributed by atoms with van der Waals surface area (Å²) in [6.07, 6.45) is 0.568. The smallest absolute Gasteiger partial charge is 0.323 e. The van der Waals surface area contributed by atoms with Crippen LogP contribution in [-0.4, -0.2) is 47.8 Å². The Balaban J connectivity index is 1.99. The fourth-order valence-corrected chi connectivity index (χ4v) is 2.61. The number of fused-ring (bicyclic) bond motifs is 1. The van der Waals surface area contributed by atoms with Crippen molar-refractivity contribution in [2.75, 3.05) is 26.2 Å². The summed E-state index contributed by atoms with van der Waals surface area (Å²) in [7, 11) is 0. The van der Waals surface area contributed by atoms with Crippen LogP contribution in [-0.2, 0) is 11.3 Å². The van der Waals surface area contributed by atoms with Gasteiger partial charge in [0.15, 0.2) is 0 Å². The van der Waals surface area contributed by atoms with E-state index in [-0.39, 0.29) is 0 Å². The standard InChI is InChI=1S/C16H24N2O3/c1-3-17-16(2,15(19)20)8-9-18-10-11-21-14-7-5-4-6-13(14)12-18/h4-7,17H,3,8-12H2,1-2H3,(H,19,20). The number of carbonyl (C=O) groups is 1. The van der Waals surface area contributed by atoms with Gasteiger partial charge in [-0.25, -0.2) is 0 Å². The number of ether oxygens (including phenoxy) is 1. The minimum Gasteiger partial charge on any atom is -0.492 e. The van der Waals surface area contributed by atoms with Crippen LogP contribution in [0.3, 0.4) is 0 Å². The average Bonchev–Trinajstić information content (AvgIpc) is 2.67. The van der Waals surface area contributed by atoms with E-state index in [1.54, 1.807) is 6.92 Å². The molecule has 0 amide bonds. The maximum Gasteiger partial charge on any atom is 0.323 e. The lowest BCUT2D eigenvalue weighted by molar-refractivity contribution is -0.144. The topological polar surface area (TPSA) is 61.8 Å². The molecular formula is C16H24N2O3. The average molecular weight is 292 g/mol. The van der Waals surface area contributed by atoms with Crippen molar-refractivity contribution in [3.63, 3.8) is 0 Å². The molecule has 2 rings (SSSR count). The Kier molecular flexibility index (Phi) is 5.20. The van der Waals surface area contributed by atoms with Crippen LogP contribution in [0.25, 0.3) is 0 Å². The lowest BCUT2D eigenvalue weighted by atomic mass is 9.97. The van der Waals surface area contributed by atoms with Crippen molar-refractivity contribution >= 4 is 5.97 Å². The summed E-state index contributed by atoms with van der Waals surface area (Å²) in [6.45, 7) is 7.32. The second-order valence-corrected chi connectivity index (χ2v) is 5.65. The number of benzene rings is 1. The van der Waals surface area contributed by atoms with E-state index in [2.05, 4.69) is 16.3 Å². The minimum absolute atomic E-state index is 0.568. The minimum atomic E-state index is -0.874. The van der Waals surface area contributed by atoms with Crippen molar-refractivity contribution in [2.45, 2.75) is 32.4 Å². The molecule has 0 spiro atoms. The normalized spacial score (nSPS) is 18.2. The third-order valence-corrected chi connectivity index (χ3v) is 4.00. The fourth-order valence-electron chi connectivity index (χ4n) is 2.61. The molecule has 5 nitrogen and oxygen atoms in total. The van der Waals surface area contributed by atoms with Crippen LogP contribution in [0.15, 0.2) is 24.3 Å². The predicted octanol–water partition coefficient (Wildman–Crippen LogP) is 1.72. The third-order valence-electron chi connectivity index (χ3n) is 4.00. The Morgan fingerprint density at radius 2 is 2.24 bits per heavy atom. The highest BCUT2D eigenvalue weighted by molar-refractivity contribution is 5.78. The van der Waals surface area contributed by atoms with E-state index in [0.717, 1.165) is 30.9 Å². The zero-order valence-corrected chi connectivity index (χ0v) is 12.8. The van der Waals surface area contributed by atoms with Gasteiger partial charge in [0.25, 0.3) is 0 Å². The van der Waals surface area contributed by atoms with Crippen LogP contribution in [0.2, 0.25) is 0 Å². The molecule has 1 atom stereocenters. The first kappa shape index (κ1) is 15.8. The molecule has 1 heterocycles. The molecule has 116 valence electrons. The summed E-state index contributed by atoms with van der Waals surface area (Å²) in [5, 5.41) is 12.5. The highest BCUT2D eigenvalue weighted by atomic mass is 16.5. The van der Waals surface area contributed by atoms with Gasteiger partial charge in [-0.2, -0.15) is 0 Å². The van der Waals surface area contributed by atoms with Gasteiger partial charge < -0.3 is 15.2 Å². The Hall–Kier alpha value is -1.59. The highest BCUT2D eigenvalue weighted by Crippen LogP contribution is 2.23. The number of aliphatic carboxylic acids is 1. The molecule has 1 aliphatic heterocycles. The van der Waals surface area contributed by atoms with Crippen molar-refractivity contribution in [1.82, 2.24) is 10.2 Å². The van der Waals surface area contributed by atoms with Gasteiger partial charge in [0.05, 0.1) is 0 Å². The Morgan fingerprint density at radius 1 is 1.48 bits per heavy atom. The Bertz CT molecular complexity index is 492. The number of nitrogens with one attached hydrogen (secondary N) is 1. The Labute approximate surface area is 125 Å². The molecule has 1 aromatic rings. The summed E-state index contributed by atoms with van der Waals surface area (Å²) in [5.41, 5.74) is 0.289. The zero-order chi connectivity index (χ0) is 15.3.